The Hall–Kier alpha value is -1.06. The largest absolute Gasteiger partial charge is 0.480 e. The van der Waals surface area contributed by atoms with E-state index in [-0.39, 0.29) is 22.7 Å². The molecule has 102 valence electrons. The number of carboxylic acids is 1. The lowest BCUT2D eigenvalue weighted by Gasteiger charge is -2.30. The lowest BCUT2D eigenvalue weighted by atomic mass is 9.91. The summed E-state index contributed by atoms with van der Waals surface area (Å²) in [7, 11) is 0. The van der Waals surface area contributed by atoms with Gasteiger partial charge in [0, 0.05) is 18.9 Å². The fourth-order valence-electron chi connectivity index (χ4n) is 3.38. The maximum atomic E-state index is 12.2. The van der Waals surface area contributed by atoms with E-state index >= 15 is 0 Å². The molecular formula is C14H23NO3. The summed E-state index contributed by atoms with van der Waals surface area (Å²) < 4.78 is 0. The Morgan fingerprint density at radius 2 is 1.89 bits per heavy atom. The van der Waals surface area contributed by atoms with Gasteiger partial charge in [-0.15, -0.1) is 0 Å². The molecule has 1 aliphatic carbocycles. The van der Waals surface area contributed by atoms with Gasteiger partial charge in [-0.05, 0) is 16.7 Å². The lowest BCUT2D eigenvalue weighted by Crippen LogP contribution is -2.46. The molecule has 1 aliphatic heterocycles. The van der Waals surface area contributed by atoms with Gasteiger partial charge in [0.05, 0.1) is 0 Å². The topological polar surface area (TPSA) is 57.6 Å². The number of hydrogen-bond acceptors (Lipinski definition) is 2. The van der Waals surface area contributed by atoms with Crippen molar-refractivity contribution < 1.29 is 14.7 Å². The number of rotatable bonds is 2. The second kappa shape index (κ2) is 3.72. The Morgan fingerprint density at radius 1 is 1.33 bits per heavy atom. The predicted molar refractivity (Wildman–Crippen MR) is 68.0 cm³/mol. The fourth-order valence-corrected chi connectivity index (χ4v) is 3.38. The molecule has 2 aliphatic rings. The van der Waals surface area contributed by atoms with Crippen molar-refractivity contribution >= 4 is 11.9 Å². The van der Waals surface area contributed by atoms with Crippen LogP contribution in [-0.4, -0.2) is 34.5 Å². The fraction of sp³-hybridized carbons (Fsp3) is 0.857. The van der Waals surface area contributed by atoms with E-state index in [0.29, 0.717) is 18.9 Å². The number of fused-ring (bicyclic) bond motifs is 1. The Balaban J connectivity index is 2.12. The molecule has 0 spiro atoms. The van der Waals surface area contributed by atoms with Crippen molar-refractivity contribution in [2.24, 2.45) is 22.7 Å². The average Bonchev–Trinajstić information content (AvgIpc) is 2.59. The van der Waals surface area contributed by atoms with Gasteiger partial charge in [-0.3, -0.25) is 4.79 Å². The minimum absolute atomic E-state index is 0.0158. The molecule has 0 aromatic rings. The molecule has 18 heavy (non-hydrogen) atoms. The van der Waals surface area contributed by atoms with E-state index in [4.69, 9.17) is 0 Å². The molecule has 1 heterocycles. The molecule has 1 N–H and O–H groups in total. The first kappa shape index (κ1) is 13.4. The van der Waals surface area contributed by atoms with Crippen LogP contribution in [0.5, 0.6) is 0 Å². The summed E-state index contributed by atoms with van der Waals surface area (Å²) in [5.74, 6) is -0.366. The van der Waals surface area contributed by atoms with Gasteiger partial charge >= 0.3 is 5.97 Å². The Morgan fingerprint density at radius 3 is 2.33 bits per heavy atom. The number of carbonyl (C=O) groups excluding carboxylic acids is 1. The van der Waals surface area contributed by atoms with Crippen molar-refractivity contribution in [1.29, 1.82) is 0 Å². The molecule has 0 aromatic carbocycles. The zero-order chi connectivity index (χ0) is 13.9. The van der Waals surface area contributed by atoms with Crippen molar-refractivity contribution in [3.63, 3.8) is 0 Å². The van der Waals surface area contributed by atoms with Crippen LogP contribution in [0, 0.1) is 22.7 Å². The number of aliphatic carboxylic acids is 1. The summed E-state index contributed by atoms with van der Waals surface area (Å²) >= 11 is 0. The quantitative estimate of drug-likeness (QED) is 0.818. The van der Waals surface area contributed by atoms with Crippen molar-refractivity contribution in [3.05, 3.63) is 0 Å². The highest BCUT2D eigenvalue weighted by atomic mass is 16.4. The standard InChI is InChI=1S/C14H23NO3/c1-13(2,3)6-9(16)15-7-8-10(14(8,4)5)11(15)12(17)18/h8,10-11H,6-7H2,1-5H3,(H,17,18)/t8-,10?,11-/m0/s1. The second-order valence-corrected chi connectivity index (χ2v) is 7.52. The van der Waals surface area contributed by atoms with Crippen LogP contribution in [0.15, 0.2) is 0 Å². The highest BCUT2D eigenvalue weighted by Gasteiger charge is 2.69. The molecule has 1 saturated carbocycles. The third-order valence-corrected chi connectivity index (χ3v) is 4.46. The first-order valence-corrected chi connectivity index (χ1v) is 6.58. The first-order chi connectivity index (χ1) is 8.05. The number of carboxylic acid groups (broad SMARTS) is 1. The molecule has 4 nitrogen and oxygen atoms in total. The molecule has 4 heteroatoms. The third-order valence-electron chi connectivity index (χ3n) is 4.46. The van der Waals surface area contributed by atoms with E-state index in [1.165, 1.54) is 0 Å². The molecule has 2 fully saturated rings. The molecule has 0 radical (unpaired) electrons. The van der Waals surface area contributed by atoms with Gasteiger partial charge in [-0.1, -0.05) is 34.6 Å². The molecule has 2 rings (SSSR count). The maximum absolute atomic E-state index is 12.2. The SMILES string of the molecule is CC(C)(C)CC(=O)N1C[C@H]2C([C@H]1C(=O)O)C2(C)C. The molecule has 1 unspecified atom stereocenters. The molecule has 0 aromatic heterocycles. The summed E-state index contributed by atoms with van der Waals surface area (Å²) in [5.41, 5.74) is -0.00992. The Kier molecular flexibility index (Phi) is 2.76. The Labute approximate surface area is 108 Å². The van der Waals surface area contributed by atoms with Crippen molar-refractivity contribution in [1.82, 2.24) is 4.90 Å². The second-order valence-electron chi connectivity index (χ2n) is 7.52. The van der Waals surface area contributed by atoms with Crippen molar-refractivity contribution in [3.8, 4) is 0 Å². The van der Waals surface area contributed by atoms with Gasteiger partial charge in [0.25, 0.3) is 0 Å². The van der Waals surface area contributed by atoms with Crippen LogP contribution in [0.3, 0.4) is 0 Å². The van der Waals surface area contributed by atoms with Gasteiger partial charge in [0.15, 0.2) is 0 Å². The van der Waals surface area contributed by atoms with Gasteiger partial charge < -0.3 is 10.0 Å². The van der Waals surface area contributed by atoms with E-state index in [1.54, 1.807) is 4.90 Å². The monoisotopic (exact) mass is 253 g/mol. The maximum Gasteiger partial charge on any atom is 0.326 e. The number of hydrogen-bond donors (Lipinski definition) is 1. The number of nitrogens with zero attached hydrogens (tertiary/aromatic N) is 1. The first-order valence-electron chi connectivity index (χ1n) is 6.58. The Bertz CT molecular complexity index is 394. The smallest absolute Gasteiger partial charge is 0.326 e. The zero-order valence-electron chi connectivity index (χ0n) is 11.9. The highest BCUT2D eigenvalue weighted by Crippen LogP contribution is 2.64. The summed E-state index contributed by atoms with van der Waals surface area (Å²) in [5, 5.41) is 9.37. The van der Waals surface area contributed by atoms with Crippen LogP contribution in [0.25, 0.3) is 0 Å². The van der Waals surface area contributed by atoms with Crippen molar-refractivity contribution in [2.45, 2.75) is 47.1 Å². The third kappa shape index (κ3) is 2.02. The summed E-state index contributed by atoms with van der Waals surface area (Å²) in [6.45, 7) is 10.8. The molecular weight excluding hydrogens is 230 g/mol. The van der Waals surface area contributed by atoms with Crippen LogP contribution in [0.2, 0.25) is 0 Å². The normalized spacial score (nSPS) is 33.2. The lowest BCUT2D eigenvalue weighted by molar-refractivity contribution is -0.151. The van der Waals surface area contributed by atoms with Gasteiger partial charge in [-0.25, -0.2) is 4.79 Å². The number of likely N-dealkylation sites (tertiary alicyclic amines) is 1. The summed E-state index contributed by atoms with van der Waals surface area (Å²) in [6.07, 6.45) is 0.413. The number of carbonyl (C=O) groups is 2. The van der Waals surface area contributed by atoms with E-state index in [2.05, 4.69) is 13.8 Å². The minimum Gasteiger partial charge on any atom is -0.480 e. The van der Waals surface area contributed by atoms with Crippen LogP contribution >= 0.6 is 0 Å². The van der Waals surface area contributed by atoms with Gasteiger partial charge in [0.1, 0.15) is 6.04 Å². The minimum atomic E-state index is -0.852. The summed E-state index contributed by atoms with van der Waals surface area (Å²) in [6, 6.07) is -0.611. The van der Waals surface area contributed by atoms with E-state index in [9.17, 15) is 14.7 Å². The number of piperidine rings is 1. The molecule has 1 amide bonds. The average molecular weight is 253 g/mol. The highest BCUT2D eigenvalue weighted by molar-refractivity contribution is 5.86. The van der Waals surface area contributed by atoms with Crippen LogP contribution < -0.4 is 0 Å². The van der Waals surface area contributed by atoms with Gasteiger partial charge in [0.2, 0.25) is 5.91 Å². The molecule has 0 bridgehead atoms. The van der Waals surface area contributed by atoms with Crippen LogP contribution in [0.4, 0.5) is 0 Å². The van der Waals surface area contributed by atoms with E-state index < -0.39 is 12.0 Å². The van der Waals surface area contributed by atoms with Gasteiger partial charge in [-0.2, -0.15) is 0 Å². The summed E-state index contributed by atoms with van der Waals surface area (Å²) in [4.78, 5) is 25.2. The van der Waals surface area contributed by atoms with E-state index in [1.807, 2.05) is 20.8 Å². The predicted octanol–water partition coefficient (Wildman–Crippen LogP) is 1.99. The van der Waals surface area contributed by atoms with Crippen LogP contribution in [0.1, 0.15) is 41.0 Å². The van der Waals surface area contributed by atoms with E-state index in [0.717, 1.165) is 0 Å². The number of amides is 1. The zero-order valence-corrected chi connectivity index (χ0v) is 11.9. The molecule has 3 atom stereocenters. The molecule has 1 saturated heterocycles. The van der Waals surface area contributed by atoms with Crippen molar-refractivity contribution in [2.75, 3.05) is 6.54 Å². The van der Waals surface area contributed by atoms with Crippen LogP contribution in [-0.2, 0) is 9.59 Å².